The molecule has 0 aliphatic carbocycles. The molecular weight excluding hydrogens is 218 g/mol. The van der Waals surface area contributed by atoms with E-state index in [9.17, 15) is 5.11 Å². The lowest BCUT2D eigenvalue weighted by atomic mass is 9.88. The van der Waals surface area contributed by atoms with Gasteiger partial charge in [0.25, 0.3) is 0 Å². The second kappa shape index (κ2) is 5.80. The normalized spacial score (nSPS) is 17.1. The van der Waals surface area contributed by atoms with E-state index in [2.05, 4.69) is 45.1 Å². The molecular formula is C13H23NOS. The van der Waals surface area contributed by atoms with Crippen LogP contribution in [-0.2, 0) is 0 Å². The number of aliphatic hydroxyl groups is 1. The van der Waals surface area contributed by atoms with E-state index in [0.717, 1.165) is 13.0 Å². The average Bonchev–Trinajstić information content (AvgIpc) is 2.72. The van der Waals surface area contributed by atoms with Gasteiger partial charge in [-0.3, -0.25) is 0 Å². The van der Waals surface area contributed by atoms with Crippen LogP contribution in [0.5, 0.6) is 0 Å². The van der Waals surface area contributed by atoms with Crippen LogP contribution >= 0.6 is 11.3 Å². The minimum atomic E-state index is 0.000560. The van der Waals surface area contributed by atoms with Crippen molar-refractivity contribution in [1.82, 2.24) is 5.32 Å². The second-order valence-corrected chi connectivity index (χ2v) is 6.19. The van der Waals surface area contributed by atoms with Gasteiger partial charge < -0.3 is 10.4 Å². The Balaban J connectivity index is 2.49. The van der Waals surface area contributed by atoms with E-state index in [1.165, 1.54) is 9.75 Å². The molecule has 0 saturated carbocycles. The van der Waals surface area contributed by atoms with Crippen molar-refractivity contribution in [3.63, 3.8) is 0 Å². The lowest BCUT2D eigenvalue weighted by Gasteiger charge is -2.27. The molecule has 0 aliphatic heterocycles. The molecule has 0 spiro atoms. The summed E-state index contributed by atoms with van der Waals surface area (Å²) in [6.07, 6.45) is 0.993. The van der Waals surface area contributed by atoms with Crippen LogP contribution in [0.25, 0.3) is 0 Å². The average molecular weight is 241 g/mol. The van der Waals surface area contributed by atoms with E-state index < -0.39 is 0 Å². The Morgan fingerprint density at radius 1 is 1.50 bits per heavy atom. The zero-order valence-electron chi connectivity index (χ0n) is 10.7. The SMILES string of the molecule is CCC(C)(CO)CNC(C)c1ccc(C)s1. The monoisotopic (exact) mass is 241 g/mol. The Bertz CT molecular complexity index is 317. The standard InChI is InChI=1S/C13H23NOS/c1-5-13(4,9-15)8-14-11(3)12-7-6-10(2)16-12/h6-7,11,14-15H,5,8-9H2,1-4H3. The maximum atomic E-state index is 9.34. The van der Waals surface area contributed by atoms with Gasteiger partial charge in [-0.2, -0.15) is 0 Å². The van der Waals surface area contributed by atoms with Crippen molar-refractivity contribution in [2.45, 2.75) is 40.2 Å². The summed E-state index contributed by atoms with van der Waals surface area (Å²) < 4.78 is 0. The summed E-state index contributed by atoms with van der Waals surface area (Å²) in [6.45, 7) is 9.65. The van der Waals surface area contributed by atoms with Gasteiger partial charge >= 0.3 is 0 Å². The number of hydrogen-bond acceptors (Lipinski definition) is 3. The molecule has 0 aromatic carbocycles. The van der Waals surface area contributed by atoms with E-state index >= 15 is 0 Å². The Kier molecular flexibility index (Phi) is 4.96. The number of thiophene rings is 1. The molecule has 92 valence electrons. The zero-order valence-corrected chi connectivity index (χ0v) is 11.5. The highest BCUT2D eigenvalue weighted by Crippen LogP contribution is 2.24. The van der Waals surface area contributed by atoms with Gasteiger partial charge in [-0.1, -0.05) is 13.8 Å². The van der Waals surface area contributed by atoms with E-state index in [1.807, 2.05) is 11.3 Å². The fourth-order valence-corrected chi connectivity index (χ4v) is 2.38. The molecule has 1 heterocycles. The fraction of sp³-hybridized carbons (Fsp3) is 0.692. The van der Waals surface area contributed by atoms with Crippen molar-refractivity contribution in [1.29, 1.82) is 0 Å². The number of rotatable bonds is 6. The smallest absolute Gasteiger partial charge is 0.0496 e. The quantitative estimate of drug-likeness (QED) is 0.802. The van der Waals surface area contributed by atoms with Gasteiger partial charge in [-0.15, -0.1) is 11.3 Å². The molecule has 2 atom stereocenters. The largest absolute Gasteiger partial charge is 0.396 e. The third-order valence-electron chi connectivity index (χ3n) is 3.26. The molecule has 1 rings (SSSR count). The molecule has 2 unspecified atom stereocenters. The van der Waals surface area contributed by atoms with Crippen molar-refractivity contribution in [2.24, 2.45) is 5.41 Å². The van der Waals surface area contributed by atoms with Crippen LogP contribution < -0.4 is 5.32 Å². The summed E-state index contributed by atoms with van der Waals surface area (Å²) in [5.74, 6) is 0. The molecule has 16 heavy (non-hydrogen) atoms. The maximum absolute atomic E-state index is 9.34. The van der Waals surface area contributed by atoms with Crippen LogP contribution in [0.3, 0.4) is 0 Å². The molecule has 0 saturated heterocycles. The van der Waals surface area contributed by atoms with Crippen LogP contribution in [-0.4, -0.2) is 18.3 Å². The second-order valence-electron chi connectivity index (χ2n) is 4.87. The van der Waals surface area contributed by atoms with Gasteiger partial charge in [0.05, 0.1) is 0 Å². The van der Waals surface area contributed by atoms with E-state index in [4.69, 9.17) is 0 Å². The Morgan fingerprint density at radius 3 is 2.62 bits per heavy atom. The predicted molar refractivity (Wildman–Crippen MR) is 71.0 cm³/mol. The number of nitrogens with one attached hydrogen (secondary N) is 1. The summed E-state index contributed by atoms with van der Waals surface area (Å²) in [4.78, 5) is 2.72. The van der Waals surface area contributed by atoms with Gasteiger partial charge in [0.2, 0.25) is 0 Å². The first-order valence-corrected chi connectivity index (χ1v) is 6.73. The Labute approximate surface area is 103 Å². The van der Waals surface area contributed by atoms with Gasteiger partial charge in [0.15, 0.2) is 0 Å². The van der Waals surface area contributed by atoms with Crippen LogP contribution in [0.1, 0.15) is 43.0 Å². The lowest BCUT2D eigenvalue weighted by molar-refractivity contribution is 0.132. The molecule has 2 N–H and O–H groups in total. The first-order valence-electron chi connectivity index (χ1n) is 5.91. The number of hydrogen-bond donors (Lipinski definition) is 2. The first kappa shape index (κ1) is 13.7. The van der Waals surface area contributed by atoms with E-state index in [0.29, 0.717) is 6.04 Å². The Hall–Kier alpha value is -0.380. The maximum Gasteiger partial charge on any atom is 0.0496 e. The molecule has 0 fully saturated rings. The molecule has 2 nitrogen and oxygen atoms in total. The molecule has 0 radical (unpaired) electrons. The first-order chi connectivity index (χ1) is 7.50. The van der Waals surface area contributed by atoms with Crippen LogP contribution in [0, 0.1) is 12.3 Å². The fourth-order valence-electron chi connectivity index (χ4n) is 1.48. The third-order valence-corrected chi connectivity index (χ3v) is 4.44. The lowest BCUT2D eigenvalue weighted by Crippen LogP contribution is -2.35. The van der Waals surface area contributed by atoms with Crippen LogP contribution in [0.2, 0.25) is 0 Å². The minimum Gasteiger partial charge on any atom is -0.396 e. The molecule has 0 aliphatic rings. The molecule has 3 heteroatoms. The van der Waals surface area contributed by atoms with Crippen LogP contribution in [0.4, 0.5) is 0 Å². The molecule has 0 bridgehead atoms. The Morgan fingerprint density at radius 2 is 2.19 bits per heavy atom. The highest BCUT2D eigenvalue weighted by atomic mass is 32.1. The van der Waals surface area contributed by atoms with E-state index in [-0.39, 0.29) is 12.0 Å². The van der Waals surface area contributed by atoms with Gasteiger partial charge in [-0.05, 0) is 32.4 Å². The van der Waals surface area contributed by atoms with Crippen molar-refractivity contribution < 1.29 is 5.11 Å². The van der Waals surface area contributed by atoms with Gasteiger partial charge in [0.1, 0.15) is 0 Å². The number of aliphatic hydroxyl groups excluding tert-OH is 1. The third kappa shape index (κ3) is 3.58. The highest BCUT2D eigenvalue weighted by Gasteiger charge is 2.21. The van der Waals surface area contributed by atoms with Crippen molar-refractivity contribution in [3.8, 4) is 0 Å². The topological polar surface area (TPSA) is 32.3 Å². The van der Waals surface area contributed by atoms with E-state index in [1.54, 1.807) is 0 Å². The van der Waals surface area contributed by atoms with Gasteiger partial charge in [-0.25, -0.2) is 0 Å². The van der Waals surface area contributed by atoms with Crippen LogP contribution in [0.15, 0.2) is 12.1 Å². The molecule has 1 aromatic rings. The van der Waals surface area contributed by atoms with Gasteiger partial charge in [0, 0.05) is 34.4 Å². The van der Waals surface area contributed by atoms with Crippen molar-refractivity contribution >= 4 is 11.3 Å². The minimum absolute atomic E-state index is 0.000560. The summed E-state index contributed by atoms with van der Waals surface area (Å²) in [6, 6.07) is 4.71. The van der Waals surface area contributed by atoms with Crippen molar-refractivity contribution in [3.05, 3.63) is 21.9 Å². The highest BCUT2D eigenvalue weighted by molar-refractivity contribution is 7.12. The molecule has 1 aromatic heterocycles. The summed E-state index contributed by atoms with van der Waals surface area (Å²) in [5, 5.41) is 12.8. The predicted octanol–water partition coefficient (Wildman–Crippen LogP) is 3.12. The van der Waals surface area contributed by atoms with Crippen molar-refractivity contribution in [2.75, 3.05) is 13.2 Å². The summed E-state index contributed by atoms with van der Waals surface area (Å²) in [7, 11) is 0. The molecule has 0 amide bonds. The summed E-state index contributed by atoms with van der Waals surface area (Å²) in [5.41, 5.74) is 0.000560. The zero-order chi connectivity index (χ0) is 12.2. The summed E-state index contributed by atoms with van der Waals surface area (Å²) >= 11 is 1.84. The number of aryl methyl sites for hydroxylation is 1.